The first kappa shape index (κ1) is 14.8. The van der Waals surface area contributed by atoms with E-state index in [4.69, 9.17) is 16.7 Å². The lowest BCUT2D eigenvalue weighted by atomic mass is 9.89. The lowest BCUT2D eigenvalue weighted by Gasteiger charge is -2.20. The van der Waals surface area contributed by atoms with E-state index < -0.39 is 5.97 Å². The molecule has 4 heteroatoms. The Balaban J connectivity index is 2.60. The van der Waals surface area contributed by atoms with Crippen molar-refractivity contribution in [1.82, 2.24) is 4.98 Å². The van der Waals surface area contributed by atoms with Crippen molar-refractivity contribution in [2.24, 2.45) is 0 Å². The van der Waals surface area contributed by atoms with Crippen molar-refractivity contribution in [2.75, 3.05) is 0 Å². The summed E-state index contributed by atoms with van der Waals surface area (Å²) in [5, 5.41) is 10.5. The number of carboxylic acids is 1. The molecule has 1 N–H and O–H groups in total. The molecule has 3 nitrogen and oxygen atoms in total. The van der Waals surface area contributed by atoms with Gasteiger partial charge in [0.15, 0.2) is 0 Å². The molecule has 0 bridgehead atoms. The molecule has 106 valence electrons. The van der Waals surface area contributed by atoms with Crippen molar-refractivity contribution in [3.8, 4) is 0 Å². The van der Waals surface area contributed by atoms with Gasteiger partial charge in [-0.3, -0.25) is 9.78 Å². The lowest BCUT2D eigenvalue weighted by molar-refractivity contribution is -0.136. The van der Waals surface area contributed by atoms with Crippen molar-refractivity contribution >= 4 is 28.5 Å². The van der Waals surface area contributed by atoms with Crippen LogP contribution >= 0.6 is 11.6 Å². The van der Waals surface area contributed by atoms with Gasteiger partial charge >= 0.3 is 5.97 Å². The number of carboxylic acid groups (broad SMARTS) is 1. The second-order valence-electron chi connectivity index (χ2n) is 5.97. The first-order chi connectivity index (χ1) is 9.27. The van der Waals surface area contributed by atoms with Gasteiger partial charge in [-0.05, 0) is 36.2 Å². The Morgan fingerprint density at radius 2 is 2.00 bits per heavy atom. The fourth-order valence-corrected chi connectivity index (χ4v) is 2.27. The molecule has 1 aromatic heterocycles. The molecular formula is C16H18ClNO2. The van der Waals surface area contributed by atoms with Crippen LogP contribution in [0, 0.1) is 0 Å². The summed E-state index contributed by atoms with van der Waals surface area (Å²) in [6.07, 6.45) is 0.590. The zero-order valence-corrected chi connectivity index (χ0v) is 12.7. The second kappa shape index (κ2) is 5.41. The number of aromatic nitrogens is 1. The Kier molecular flexibility index (Phi) is 4.00. The van der Waals surface area contributed by atoms with Crippen LogP contribution in [0.1, 0.15) is 38.4 Å². The highest BCUT2D eigenvalue weighted by molar-refractivity contribution is 6.31. The van der Waals surface area contributed by atoms with E-state index in [1.807, 2.05) is 24.3 Å². The maximum absolute atomic E-state index is 10.8. The van der Waals surface area contributed by atoms with Gasteiger partial charge in [-0.2, -0.15) is 0 Å². The zero-order valence-electron chi connectivity index (χ0n) is 11.9. The van der Waals surface area contributed by atoms with Crippen LogP contribution in [0.4, 0.5) is 0 Å². The van der Waals surface area contributed by atoms with Crippen LogP contribution in [-0.2, 0) is 16.6 Å². The molecule has 0 amide bonds. The van der Waals surface area contributed by atoms with E-state index >= 15 is 0 Å². The van der Waals surface area contributed by atoms with Crippen molar-refractivity contribution in [1.29, 1.82) is 0 Å². The third-order valence-corrected chi connectivity index (χ3v) is 3.47. The number of benzene rings is 1. The van der Waals surface area contributed by atoms with Crippen molar-refractivity contribution in [2.45, 2.75) is 39.0 Å². The van der Waals surface area contributed by atoms with Crippen molar-refractivity contribution in [3.63, 3.8) is 0 Å². The molecular weight excluding hydrogens is 274 g/mol. The molecule has 0 atom stereocenters. The monoisotopic (exact) mass is 291 g/mol. The number of hydrogen-bond acceptors (Lipinski definition) is 2. The molecule has 1 aromatic carbocycles. The van der Waals surface area contributed by atoms with Gasteiger partial charge in [-0.15, -0.1) is 0 Å². The molecule has 0 aliphatic rings. The summed E-state index contributed by atoms with van der Waals surface area (Å²) < 4.78 is 0. The van der Waals surface area contributed by atoms with Gasteiger partial charge in [0.2, 0.25) is 0 Å². The Bertz CT molecular complexity index is 659. The predicted octanol–water partition coefficient (Wildman–Crippen LogP) is 4.20. The van der Waals surface area contributed by atoms with Crippen LogP contribution in [0.15, 0.2) is 24.3 Å². The Hall–Kier alpha value is -1.61. The van der Waals surface area contributed by atoms with E-state index in [-0.39, 0.29) is 11.8 Å². The normalized spacial score (nSPS) is 11.8. The van der Waals surface area contributed by atoms with Crippen molar-refractivity contribution in [3.05, 3.63) is 40.5 Å². The van der Waals surface area contributed by atoms with Crippen LogP contribution < -0.4 is 0 Å². The molecule has 20 heavy (non-hydrogen) atoms. The Labute approximate surface area is 123 Å². The standard InChI is InChI=1S/C16H18ClNO2/c1-16(2,3)14-8-10(4-7-15(19)20)12-9-11(17)5-6-13(12)18-14/h5-6,8-9H,4,7H2,1-3H3,(H,19,20). The Morgan fingerprint density at radius 3 is 2.60 bits per heavy atom. The molecule has 2 rings (SSSR count). The van der Waals surface area contributed by atoms with E-state index in [1.165, 1.54) is 0 Å². The number of rotatable bonds is 3. The molecule has 0 fully saturated rings. The highest BCUT2D eigenvalue weighted by Crippen LogP contribution is 2.28. The van der Waals surface area contributed by atoms with Gasteiger partial charge in [0.25, 0.3) is 0 Å². The quantitative estimate of drug-likeness (QED) is 0.922. The molecule has 0 radical (unpaired) electrons. The molecule has 1 heterocycles. The second-order valence-corrected chi connectivity index (χ2v) is 6.41. The number of halogens is 1. The summed E-state index contributed by atoms with van der Waals surface area (Å²) >= 11 is 6.04. The van der Waals surface area contributed by atoms with Crippen molar-refractivity contribution < 1.29 is 9.90 Å². The van der Waals surface area contributed by atoms with E-state index in [2.05, 4.69) is 25.8 Å². The first-order valence-corrected chi connectivity index (χ1v) is 6.96. The summed E-state index contributed by atoms with van der Waals surface area (Å²) in [5.74, 6) is -0.797. The van der Waals surface area contributed by atoms with Gasteiger partial charge in [-0.1, -0.05) is 32.4 Å². The minimum atomic E-state index is -0.797. The topological polar surface area (TPSA) is 50.2 Å². The van der Waals surface area contributed by atoms with E-state index in [1.54, 1.807) is 0 Å². The van der Waals surface area contributed by atoms with E-state index in [9.17, 15) is 4.79 Å². The highest BCUT2D eigenvalue weighted by Gasteiger charge is 2.18. The first-order valence-electron chi connectivity index (χ1n) is 6.59. The zero-order chi connectivity index (χ0) is 14.9. The summed E-state index contributed by atoms with van der Waals surface area (Å²) in [5.41, 5.74) is 2.74. The minimum absolute atomic E-state index is 0.0776. The van der Waals surface area contributed by atoms with Crippen LogP contribution in [0.3, 0.4) is 0 Å². The molecule has 0 saturated carbocycles. The third-order valence-electron chi connectivity index (χ3n) is 3.23. The largest absolute Gasteiger partial charge is 0.481 e. The molecule has 0 aliphatic carbocycles. The maximum atomic E-state index is 10.8. The summed E-state index contributed by atoms with van der Waals surface area (Å²) in [6.45, 7) is 6.29. The van der Waals surface area contributed by atoms with Crippen LogP contribution in [-0.4, -0.2) is 16.1 Å². The summed E-state index contributed by atoms with van der Waals surface area (Å²) in [4.78, 5) is 15.5. The van der Waals surface area contributed by atoms with E-state index in [0.717, 1.165) is 22.2 Å². The Morgan fingerprint density at radius 1 is 1.30 bits per heavy atom. The molecule has 0 spiro atoms. The molecule has 2 aromatic rings. The summed E-state index contributed by atoms with van der Waals surface area (Å²) in [6, 6.07) is 7.55. The average molecular weight is 292 g/mol. The van der Waals surface area contributed by atoms with Crippen LogP contribution in [0.25, 0.3) is 10.9 Å². The smallest absolute Gasteiger partial charge is 0.303 e. The van der Waals surface area contributed by atoms with Crippen LogP contribution in [0.5, 0.6) is 0 Å². The van der Waals surface area contributed by atoms with Gasteiger partial charge in [-0.25, -0.2) is 0 Å². The average Bonchev–Trinajstić information content (AvgIpc) is 2.34. The fraction of sp³-hybridized carbons (Fsp3) is 0.375. The predicted molar refractivity (Wildman–Crippen MR) is 81.4 cm³/mol. The van der Waals surface area contributed by atoms with Gasteiger partial charge in [0, 0.05) is 27.9 Å². The lowest BCUT2D eigenvalue weighted by Crippen LogP contribution is -2.14. The third kappa shape index (κ3) is 3.28. The number of nitrogens with zero attached hydrogens (tertiary/aromatic N) is 1. The number of pyridine rings is 1. The fourth-order valence-electron chi connectivity index (χ4n) is 2.10. The molecule has 0 aliphatic heterocycles. The molecule has 0 saturated heterocycles. The van der Waals surface area contributed by atoms with E-state index in [0.29, 0.717) is 11.4 Å². The SMILES string of the molecule is CC(C)(C)c1cc(CCC(=O)O)c2cc(Cl)ccc2n1. The van der Waals surface area contributed by atoms with Gasteiger partial charge < -0.3 is 5.11 Å². The number of aliphatic carboxylic acids is 1. The maximum Gasteiger partial charge on any atom is 0.303 e. The summed E-state index contributed by atoms with van der Waals surface area (Å²) in [7, 11) is 0. The number of hydrogen-bond donors (Lipinski definition) is 1. The number of carbonyl (C=O) groups is 1. The van der Waals surface area contributed by atoms with Crippen LogP contribution in [0.2, 0.25) is 5.02 Å². The minimum Gasteiger partial charge on any atom is -0.481 e. The highest BCUT2D eigenvalue weighted by atomic mass is 35.5. The van der Waals surface area contributed by atoms with Gasteiger partial charge in [0.1, 0.15) is 0 Å². The molecule has 0 unspecified atom stereocenters. The number of aryl methyl sites for hydroxylation is 1. The van der Waals surface area contributed by atoms with Gasteiger partial charge in [0.05, 0.1) is 5.52 Å². The number of fused-ring (bicyclic) bond motifs is 1.